The fourth-order valence-electron chi connectivity index (χ4n) is 4.02. The fourth-order valence-corrected chi connectivity index (χ4v) is 4.02. The van der Waals surface area contributed by atoms with Gasteiger partial charge in [0, 0.05) is 19.3 Å². The summed E-state index contributed by atoms with van der Waals surface area (Å²) >= 11 is 0. The Kier molecular flexibility index (Phi) is 6.18. The molecule has 3 unspecified atom stereocenters. The Balaban J connectivity index is 1.67. The maximum Gasteiger partial charge on any atom is 0.263 e. The summed E-state index contributed by atoms with van der Waals surface area (Å²) in [7, 11) is 0. The molecule has 0 spiro atoms. The van der Waals surface area contributed by atoms with Crippen LogP contribution < -0.4 is 5.32 Å². The van der Waals surface area contributed by atoms with Crippen molar-refractivity contribution < 1.29 is 9.53 Å². The SMILES string of the molecule is CC1CN(/C=C(/C#N)C(=O)NC(C)c2ccc3c(c2)CCCC3)CC(C)O1. The number of nitrogens with one attached hydrogen (secondary N) is 1. The molecule has 0 radical (unpaired) electrons. The molecule has 3 atom stereocenters. The minimum atomic E-state index is -0.325. The predicted octanol–water partition coefficient (Wildman–Crippen LogP) is 3.26. The van der Waals surface area contributed by atoms with Crippen LogP contribution in [0, 0.1) is 11.3 Å². The van der Waals surface area contributed by atoms with Gasteiger partial charge in [-0.3, -0.25) is 4.79 Å². The third-order valence-electron chi connectivity index (χ3n) is 5.34. The normalized spacial score (nSPS) is 23.9. The number of rotatable bonds is 4. The Morgan fingerprint density at radius 3 is 2.59 bits per heavy atom. The molecule has 1 aromatic rings. The fraction of sp³-hybridized carbons (Fsp3) is 0.545. The van der Waals surface area contributed by atoms with Gasteiger partial charge in [0.1, 0.15) is 11.6 Å². The van der Waals surface area contributed by atoms with Gasteiger partial charge in [-0.15, -0.1) is 0 Å². The number of hydrogen-bond acceptors (Lipinski definition) is 4. The van der Waals surface area contributed by atoms with Gasteiger partial charge in [-0.2, -0.15) is 5.26 Å². The van der Waals surface area contributed by atoms with Crippen molar-refractivity contribution in [2.45, 2.75) is 64.7 Å². The maximum atomic E-state index is 12.6. The first-order chi connectivity index (χ1) is 13.0. The van der Waals surface area contributed by atoms with E-state index in [1.165, 1.54) is 24.0 Å². The van der Waals surface area contributed by atoms with Crippen LogP contribution in [0.3, 0.4) is 0 Å². The summed E-state index contributed by atoms with van der Waals surface area (Å²) in [6, 6.07) is 8.40. The van der Waals surface area contributed by atoms with Gasteiger partial charge in [-0.05, 0) is 63.1 Å². The minimum absolute atomic E-state index is 0.0856. The Morgan fingerprint density at radius 2 is 1.93 bits per heavy atom. The molecule has 5 heteroatoms. The van der Waals surface area contributed by atoms with Crippen LogP contribution in [0.15, 0.2) is 30.0 Å². The van der Waals surface area contributed by atoms with E-state index in [1.807, 2.05) is 25.7 Å². The van der Waals surface area contributed by atoms with Crippen molar-refractivity contribution >= 4 is 5.91 Å². The highest BCUT2D eigenvalue weighted by molar-refractivity contribution is 5.97. The number of carbonyl (C=O) groups is 1. The van der Waals surface area contributed by atoms with Gasteiger partial charge in [0.05, 0.1) is 18.2 Å². The number of nitriles is 1. The Labute approximate surface area is 162 Å². The smallest absolute Gasteiger partial charge is 0.263 e. The van der Waals surface area contributed by atoms with Crippen molar-refractivity contribution in [1.82, 2.24) is 10.2 Å². The van der Waals surface area contributed by atoms with Crippen LogP contribution in [0.5, 0.6) is 0 Å². The van der Waals surface area contributed by atoms with Gasteiger partial charge in [0.25, 0.3) is 5.91 Å². The average Bonchev–Trinajstić information content (AvgIpc) is 2.64. The first-order valence-electron chi connectivity index (χ1n) is 9.90. The molecular weight excluding hydrogens is 338 g/mol. The Bertz CT molecular complexity index is 755. The monoisotopic (exact) mass is 367 g/mol. The molecule has 1 saturated heterocycles. The number of benzene rings is 1. The zero-order valence-electron chi connectivity index (χ0n) is 16.5. The van der Waals surface area contributed by atoms with Gasteiger partial charge in [-0.1, -0.05) is 18.2 Å². The lowest BCUT2D eigenvalue weighted by molar-refractivity contribution is -0.117. The highest BCUT2D eigenvalue weighted by Gasteiger charge is 2.22. The van der Waals surface area contributed by atoms with Crippen LogP contribution >= 0.6 is 0 Å². The molecule has 1 N–H and O–H groups in total. The van der Waals surface area contributed by atoms with E-state index in [4.69, 9.17) is 4.74 Å². The summed E-state index contributed by atoms with van der Waals surface area (Å²) in [5, 5.41) is 12.4. The summed E-state index contributed by atoms with van der Waals surface area (Å²) in [5.41, 5.74) is 4.06. The quantitative estimate of drug-likeness (QED) is 0.655. The molecule has 1 aliphatic heterocycles. The van der Waals surface area contributed by atoms with E-state index in [0.717, 1.165) is 18.4 Å². The van der Waals surface area contributed by atoms with E-state index < -0.39 is 0 Å². The number of aryl methyl sites for hydroxylation is 2. The molecule has 3 rings (SSSR count). The Hall–Kier alpha value is -2.32. The highest BCUT2D eigenvalue weighted by Crippen LogP contribution is 2.25. The molecular formula is C22H29N3O2. The van der Waals surface area contributed by atoms with E-state index in [0.29, 0.717) is 13.1 Å². The number of fused-ring (bicyclic) bond motifs is 1. The summed E-state index contributed by atoms with van der Waals surface area (Å²) in [4.78, 5) is 14.6. The van der Waals surface area contributed by atoms with Crippen LogP contribution in [0.25, 0.3) is 0 Å². The van der Waals surface area contributed by atoms with E-state index in [-0.39, 0.29) is 29.7 Å². The molecule has 27 heavy (non-hydrogen) atoms. The number of amides is 1. The molecule has 1 aliphatic carbocycles. The molecule has 0 aromatic heterocycles. The zero-order valence-corrected chi connectivity index (χ0v) is 16.5. The summed E-state index contributed by atoms with van der Waals surface area (Å²) in [5.74, 6) is -0.325. The van der Waals surface area contributed by atoms with Crippen molar-refractivity contribution in [1.29, 1.82) is 5.26 Å². The minimum Gasteiger partial charge on any atom is -0.372 e. The third-order valence-corrected chi connectivity index (χ3v) is 5.34. The second-order valence-corrected chi connectivity index (χ2v) is 7.80. The number of morpholine rings is 1. The zero-order chi connectivity index (χ0) is 19.4. The van der Waals surface area contributed by atoms with Gasteiger partial charge in [-0.25, -0.2) is 0 Å². The van der Waals surface area contributed by atoms with E-state index >= 15 is 0 Å². The van der Waals surface area contributed by atoms with Crippen molar-refractivity contribution in [3.63, 3.8) is 0 Å². The third kappa shape index (κ3) is 4.90. The lowest BCUT2D eigenvalue weighted by atomic mass is 9.89. The standard InChI is InChI=1S/C22H29N3O2/c1-15-12-25(13-16(2)27-15)14-21(11-23)22(26)24-17(3)19-9-8-18-6-4-5-7-20(18)10-19/h8-10,14-17H,4-7,12-13H2,1-3H3,(H,24,26)/b21-14-. The second-order valence-electron chi connectivity index (χ2n) is 7.80. The van der Waals surface area contributed by atoms with Gasteiger partial charge >= 0.3 is 0 Å². The van der Waals surface area contributed by atoms with Crippen LogP contribution in [0.2, 0.25) is 0 Å². The molecule has 0 saturated carbocycles. The number of ether oxygens (including phenoxy) is 1. The molecule has 1 fully saturated rings. The molecule has 1 heterocycles. The van der Waals surface area contributed by atoms with E-state index in [9.17, 15) is 10.1 Å². The van der Waals surface area contributed by atoms with Gasteiger partial charge < -0.3 is 15.0 Å². The summed E-state index contributed by atoms with van der Waals surface area (Å²) in [6.45, 7) is 7.34. The largest absolute Gasteiger partial charge is 0.372 e. The van der Waals surface area contributed by atoms with Crippen molar-refractivity contribution in [3.05, 3.63) is 46.7 Å². The van der Waals surface area contributed by atoms with Crippen molar-refractivity contribution in [2.24, 2.45) is 0 Å². The molecule has 0 bridgehead atoms. The Morgan fingerprint density at radius 1 is 1.26 bits per heavy atom. The van der Waals surface area contributed by atoms with Crippen molar-refractivity contribution in [3.8, 4) is 6.07 Å². The number of nitrogens with zero attached hydrogens (tertiary/aromatic N) is 2. The predicted molar refractivity (Wildman–Crippen MR) is 105 cm³/mol. The lowest BCUT2D eigenvalue weighted by Crippen LogP contribution is -2.43. The molecule has 1 aromatic carbocycles. The highest BCUT2D eigenvalue weighted by atomic mass is 16.5. The van der Waals surface area contributed by atoms with Crippen LogP contribution in [-0.2, 0) is 22.4 Å². The van der Waals surface area contributed by atoms with Crippen molar-refractivity contribution in [2.75, 3.05) is 13.1 Å². The van der Waals surface area contributed by atoms with Gasteiger partial charge in [0.15, 0.2) is 0 Å². The lowest BCUT2D eigenvalue weighted by Gasteiger charge is -2.34. The number of hydrogen-bond donors (Lipinski definition) is 1. The molecule has 5 nitrogen and oxygen atoms in total. The van der Waals surface area contributed by atoms with E-state index in [1.54, 1.807) is 6.20 Å². The first kappa shape index (κ1) is 19.4. The topological polar surface area (TPSA) is 65.4 Å². The molecule has 1 amide bonds. The number of carbonyl (C=O) groups excluding carboxylic acids is 1. The van der Waals surface area contributed by atoms with E-state index in [2.05, 4.69) is 29.6 Å². The summed E-state index contributed by atoms with van der Waals surface area (Å²) < 4.78 is 5.71. The summed E-state index contributed by atoms with van der Waals surface area (Å²) in [6.07, 6.45) is 6.59. The van der Waals surface area contributed by atoms with Crippen LogP contribution in [0.4, 0.5) is 0 Å². The first-order valence-corrected chi connectivity index (χ1v) is 9.90. The van der Waals surface area contributed by atoms with Gasteiger partial charge in [0.2, 0.25) is 0 Å². The average molecular weight is 367 g/mol. The molecule has 144 valence electrons. The second kappa shape index (κ2) is 8.58. The maximum absolute atomic E-state index is 12.6. The van der Waals surface area contributed by atoms with Crippen LogP contribution in [0.1, 0.15) is 56.3 Å². The molecule has 2 aliphatic rings. The van der Waals surface area contributed by atoms with Crippen LogP contribution in [-0.4, -0.2) is 36.1 Å².